The number of pyridine rings is 1. The van der Waals surface area contributed by atoms with Crippen LogP contribution >= 0.6 is 0 Å². The molecule has 1 heterocycles. The lowest BCUT2D eigenvalue weighted by Gasteiger charge is -2.04. The summed E-state index contributed by atoms with van der Waals surface area (Å²) < 4.78 is 33.4. The van der Waals surface area contributed by atoms with Crippen LogP contribution in [0.1, 0.15) is 20.9 Å². The number of rotatable bonds is 3. The van der Waals surface area contributed by atoms with Crippen LogP contribution in [-0.4, -0.2) is 29.9 Å². The zero-order valence-corrected chi connectivity index (χ0v) is 8.74. The summed E-state index contributed by atoms with van der Waals surface area (Å²) >= 11 is 0. The van der Waals surface area contributed by atoms with Crippen molar-refractivity contribution in [3.8, 4) is 0 Å². The number of nitrogens with one attached hydrogen (secondary N) is 2. The highest BCUT2D eigenvalue weighted by Gasteiger charge is 2.43. The third-order valence-electron chi connectivity index (χ3n) is 2.44. The molecule has 0 radical (unpaired) electrons. The molecule has 2 amide bonds. The summed E-state index contributed by atoms with van der Waals surface area (Å²) in [6.07, 6.45) is 0.251. The molecular weight excluding hydrogens is 225 g/mol. The van der Waals surface area contributed by atoms with Crippen LogP contribution in [0.4, 0.5) is 10.2 Å². The molecule has 2 atom stereocenters. The number of amides is 2. The monoisotopic (exact) mass is 240 g/mol. The molecule has 0 saturated heterocycles. The largest absolute Gasteiger partial charge is 0.355 e. The van der Waals surface area contributed by atoms with Crippen LogP contribution in [0.2, 0.25) is 0 Å². The average molecular weight is 240 g/mol. The molecule has 2 N–H and O–H groups in total. The lowest BCUT2D eigenvalue weighted by Crippen LogP contribution is -2.19. The lowest BCUT2D eigenvalue weighted by molar-refractivity contribution is -0.117. The summed E-state index contributed by atoms with van der Waals surface area (Å²) in [4.78, 5) is 26.8. The molecule has 1 fully saturated rings. The quantitative estimate of drug-likeness (QED) is 0.818. The maximum absolute atomic E-state index is 12.7. The summed E-state index contributed by atoms with van der Waals surface area (Å²) in [5.41, 5.74) is 0.0499. The zero-order chi connectivity index (χ0) is 14.9. The van der Waals surface area contributed by atoms with Gasteiger partial charge in [0.2, 0.25) is 5.91 Å². The predicted molar refractivity (Wildman–Crippen MR) is 59.3 cm³/mol. The molecule has 5 nitrogen and oxygen atoms in total. The zero-order valence-electron chi connectivity index (χ0n) is 11.7. The SMILES string of the molecule is [2H]C([2H])([2H])NC(=O)c1ccc(NC(=O)[C@H]2C[C@H]2F)nc1. The molecule has 1 aromatic heterocycles. The average Bonchev–Trinajstić information content (AvgIpc) is 3.05. The highest BCUT2D eigenvalue weighted by atomic mass is 19.1. The minimum Gasteiger partial charge on any atom is -0.355 e. The minimum atomic E-state index is -2.58. The van der Waals surface area contributed by atoms with Crippen molar-refractivity contribution in [2.45, 2.75) is 12.6 Å². The third kappa shape index (κ3) is 2.58. The molecule has 17 heavy (non-hydrogen) atoms. The second-order valence-electron chi connectivity index (χ2n) is 3.73. The van der Waals surface area contributed by atoms with E-state index < -0.39 is 30.9 Å². The summed E-state index contributed by atoms with van der Waals surface area (Å²) in [5.74, 6) is -1.69. The summed E-state index contributed by atoms with van der Waals surface area (Å²) in [6.45, 7) is -2.58. The maximum Gasteiger partial charge on any atom is 0.252 e. The molecule has 1 aromatic rings. The highest BCUT2D eigenvalue weighted by molar-refractivity contribution is 5.95. The van der Waals surface area contributed by atoms with Gasteiger partial charge < -0.3 is 10.6 Å². The van der Waals surface area contributed by atoms with E-state index in [4.69, 9.17) is 4.11 Å². The number of nitrogens with zero attached hydrogens (tertiary/aromatic N) is 1. The first-order chi connectivity index (χ1) is 9.26. The molecule has 1 saturated carbocycles. The smallest absolute Gasteiger partial charge is 0.252 e. The van der Waals surface area contributed by atoms with E-state index in [0.29, 0.717) is 0 Å². The van der Waals surface area contributed by atoms with Crippen molar-refractivity contribution < 1.29 is 18.1 Å². The molecule has 1 aliphatic rings. The van der Waals surface area contributed by atoms with Gasteiger partial charge in [0.25, 0.3) is 5.91 Å². The van der Waals surface area contributed by atoms with Gasteiger partial charge in [-0.1, -0.05) is 0 Å². The van der Waals surface area contributed by atoms with Crippen molar-refractivity contribution >= 4 is 17.6 Å². The Morgan fingerprint density at radius 1 is 1.59 bits per heavy atom. The summed E-state index contributed by atoms with van der Waals surface area (Å²) in [6, 6.07) is 2.67. The van der Waals surface area contributed by atoms with Crippen molar-refractivity contribution in [2.75, 3.05) is 12.3 Å². The topological polar surface area (TPSA) is 71.1 Å². The van der Waals surface area contributed by atoms with E-state index in [1.54, 1.807) is 0 Å². The molecule has 2 rings (SSSR count). The molecule has 0 spiro atoms. The van der Waals surface area contributed by atoms with Gasteiger partial charge in [0, 0.05) is 17.3 Å². The van der Waals surface area contributed by atoms with E-state index in [1.165, 1.54) is 12.1 Å². The standard InChI is InChI=1S/C11H12FN3O2/c1-13-10(16)6-2-3-9(14-5-6)15-11(17)7-4-8(7)12/h2-3,5,7-8H,4H2,1H3,(H,13,16)(H,14,15,17)/t7-,8+/m0/s1/i1D3. The number of halogens is 1. The normalized spacial score (nSPS) is 25.1. The number of hydrogen-bond acceptors (Lipinski definition) is 3. The van der Waals surface area contributed by atoms with Gasteiger partial charge in [-0.3, -0.25) is 9.59 Å². The van der Waals surface area contributed by atoms with Gasteiger partial charge in [0.05, 0.1) is 11.5 Å². The van der Waals surface area contributed by atoms with Gasteiger partial charge >= 0.3 is 0 Å². The van der Waals surface area contributed by atoms with Gasteiger partial charge in [-0.2, -0.15) is 0 Å². The van der Waals surface area contributed by atoms with Crippen LogP contribution < -0.4 is 10.6 Å². The van der Waals surface area contributed by atoms with E-state index in [2.05, 4.69) is 10.3 Å². The number of alkyl halides is 1. The van der Waals surface area contributed by atoms with Gasteiger partial charge in [-0.15, -0.1) is 0 Å². The highest BCUT2D eigenvalue weighted by Crippen LogP contribution is 2.34. The van der Waals surface area contributed by atoms with Crippen LogP contribution in [0.15, 0.2) is 18.3 Å². The lowest BCUT2D eigenvalue weighted by atomic mass is 10.2. The number of carbonyl (C=O) groups is 2. The number of aromatic nitrogens is 1. The Kier molecular flexibility index (Phi) is 2.15. The number of anilines is 1. The fourth-order valence-electron chi connectivity index (χ4n) is 1.33. The second-order valence-corrected chi connectivity index (χ2v) is 3.73. The Bertz CT molecular complexity index is 533. The van der Waals surface area contributed by atoms with Gasteiger partial charge in [0.1, 0.15) is 12.0 Å². The number of hydrogen-bond donors (Lipinski definition) is 2. The van der Waals surface area contributed by atoms with Crippen molar-refractivity contribution in [3.05, 3.63) is 23.9 Å². The van der Waals surface area contributed by atoms with E-state index in [9.17, 15) is 14.0 Å². The van der Waals surface area contributed by atoms with Crippen molar-refractivity contribution in [2.24, 2.45) is 5.92 Å². The minimum absolute atomic E-state index is 0.0499. The molecule has 6 heteroatoms. The second kappa shape index (κ2) is 4.48. The first-order valence-corrected chi connectivity index (χ1v) is 5.00. The Balaban J connectivity index is 1.96. The fraction of sp³-hybridized carbons (Fsp3) is 0.364. The Morgan fingerprint density at radius 2 is 2.35 bits per heavy atom. The molecule has 0 aliphatic heterocycles. The van der Waals surface area contributed by atoms with Crippen LogP contribution in [0.3, 0.4) is 0 Å². The fourth-order valence-corrected chi connectivity index (χ4v) is 1.33. The third-order valence-corrected chi connectivity index (χ3v) is 2.44. The van der Waals surface area contributed by atoms with E-state index in [0.717, 1.165) is 6.20 Å². The van der Waals surface area contributed by atoms with Crippen molar-refractivity contribution in [1.82, 2.24) is 10.3 Å². The molecule has 0 unspecified atom stereocenters. The van der Waals surface area contributed by atoms with E-state index in [1.807, 2.05) is 5.32 Å². The van der Waals surface area contributed by atoms with Gasteiger partial charge in [-0.25, -0.2) is 9.37 Å². The molecule has 90 valence electrons. The first kappa shape index (κ1) is 8.16. The van der Waals surface area contributed by atoms with Crippen LogP contribution in [0.25, 0.3) is 0 Å². The molecule has 0 bridgehead atoms. The first-order valence-electron chi connectivity index (χ1n) is 6.50. The molecular formula is C11H12FN3O2. The Hall–Kier alpha value is -1.98. The van der Waals surface area contributed by atoms with E-state index in [-0.39, 0.29) is 17.8 Å². The predicted octanol–water partition coefficient (Wildman–Crippen LogP) is 0.738. The molecule has 0 aromatic carbocycles. The van der Waals surface area contributed by atoms with Crippen LogP contribution in [0, 0.1) is 5.92 Å². The van der Waals surface area contributed by atoms with Crippen LogP contribution in [-0.2, 0) is 4.79 Å². The van der Waals surface area contributed by atoms with Crippen molar-refractivity contribution in [1.29, 1.82) is 0 Å². The van der Waals surface area contributed by atoms with E-state index >= 15 is 0 Å². The number of carbonyl (C=O) groups excluding carboxylic acids is 2. The summed E-state index contributed by atoms with van der Waals surface area (Å²) in [7, 11) is 0. The van der Waals surface area contributed by atoms with Crippen LogP contribution in [0.5, 0.6) is 0 Å². The Labute approximate surface area is 102 Å². The van der Waals surface area contributed by atoms with Gasteiger partial charge in [0.15, 0.2) is 0 Å². The maximum atomic E-state index is 12.7. The Morgan fingerprint density at radius 3 is 2.88 bits per heavy atom. The van der Waals surface area contributed by atoms with Gasteiger partial charge in [-0.05, 0) is 18.6 Å². The summed E-state index contributed by atoms with van der Waals surface area (Å²) in [5, 5.41) is 4.23. The van der Waals surface area contributed by atoms with Crippen molar-refractivity contribution in [3.63, 3.8) is 0 Å². The molecule has 1 aliphatic carbocycles.